The van der Waals surface area contributed by atoms with E-state index in [0.717, 1.165) is 33.8 Å². The maximum Gasteiger partial charge on any atom is 0.255 e. The van der Waals surface area contributed by atoms with Crippen molar-refractivity contribution in [1.29, 1.82) is 0 Å². The standard InChI is InChI=1S/C17H18N4O2S/c1-2-15-20-16(13-6-7-24-17(13)21-15)19-9-11-4-3-5-12(8-11)23-10-14(18)22/h3-8H,2,9-10H2,1H3,(H2,18,22)(H,19,20,21). The van der Waals surface area contributed by atoms with E-state index in [1.165, 1.54) is 0 Å². The smallest absolute Gasteiger partial charge is 0.255 e. The average molecular weight is 342 g/mol. The van der Waals surface area contributed by atoms with Gasteiger partial charge in [-0.05, 0) is 29.1 Å². The largest absolute Gasteiger partial charge is 0.484 e. The van der Waals surface area contributed by atoms with Gasteiger partial charge in [0.15, 0.2) is 6.61 Å². The van der Waals surface area contributed by atoms with Crippen LogP contribution in [0.2, 0.25) is 0 Å². The van der Waals surface area contributed by atoms with E-state index >= 15 is 0 Å². The van der Waals surface area contributed by atoms with Crippen molar-refractivity contribution in [1.82, 2.24) is 9.97 Å². The Balaban J connectivity index is 1.75. The molecule has 0 atom stereocenters. The molecule has 124 valence electrons. The number of rotatable bonds is 7. The van der Waals surface area contributed by atoms with E-state index in [1.54, 1.807) is 17.4 Å². The number of benzene rings is 1. The molecule has 0 aliphatic rings. The number of carbonyl (C=O) groups excluding carboxylic acids is 1. The molecular weight excluding hydrogens is 324 g/mol. The summed E-state index contributed by atoms with van der Waals surface area (Å²) in [5.41, 5.74) is 6.12. The van der Waals surface area contributed by atoms with Crippen molar-refractivity contribution < 1.29 is 9.53 Å². The maximum absolute atomic E-state index is 10.8. The van der Waals surface area contributed by atoms with Crippen LogP contribution in [0.3, 0.4) is 0 Å². The van der Waals surface area contributed by atoms with Crippen LogP contribution in [-0.4, -0.2) is 22.5 Å². The van der Waals surface area contributed by atoms with Crippen molar-refractivity contribution >= 4 is 33.3 Å². The van der Waals surface area contributed by atoms with Gasteiger partial charge in [0.05, 0.1) is 5.39 Å². The number of aromatic nitrogens is 2. The molecule has 2 aromatic heterocycles. The molecule has 3 N–H and O–H groups in total. The summed E-state index contributed by atoms with van der Waals surface area (Å²) in [4.78, 5) is 20.9. The van der Waals surface area contributed by atoms with E-state index in [9.17, 15) is 4.79 Å². The van der Waals surface area contributed by atoms with Crippen LogP contribution in [0.15, 0.2) is 35.7 Å². The predicted molar refractivity (Wildman–Crippen MR) is 95.3 cm³/mol. The van der Waals surface area contributed by atoms with Crippen LogP contribution in [0.4, 0.5) is 5.82 Å². The Labute approximate surface area is 143 Å². The molecule has 0 aliphatic carbocycles. The third-order valence-corrected chi connectivity index (χ3v) is 4.23. The summed E-state index contributed by atoms with van der Waals surface area (Å²) in [6.45, 7) is 2.51. The lowest BCUT2D eigenvalue weighted by molar-refractivity contribution is -0.119. The second-order valence-corrected chi connectivity index (χ2v) is 6.13. The minimum Gasteiger partial charge on any atom is -0.484 e. The number of hydrogen-bond donors (Lipinski definition) is 2. The number of amides is 1. The molecule has 0 aliphatic heterocycles. The van der Waals surface area contributed by atoms with Crippen LogP contribution in [0.5, 0.6) is 5.75 Å². The first-order valence-corrected chi connectivity index (χ1v) is 8.51. The van der Waals surface area contributed by atoms with Gasteiger partial charge in [-0.25, -0.2) is 9.97 Å². The highest BCUT2D eigenvalue weighted by molar-refractivity contribution is 7.16. The third kappa shape index (κ3) is 3.80. The fourth-order valence-corrected chi connectivity index (χ4v) is 3.06. The Bertz CT molecular complexity index is 863. The molecule has 3 rings (SSSR count). The zero-order chi connectivity index (χ0) is 16.9. The van der Waals surface area contributed by atoms with Gasteiger partial charge < -0.3 is 15.8 Å². The van der Waals surface area contributed by atoms with E-state index < -0.39 is 5.91 Å². The van der Waals surface area contributed by atoms with Crippen molar-refractivity contribution in [2.75, 3.05) is 11.9 Å². The van der Waals surface area contributed by atoms with E-state index in [1.807, 2.05) is 36.6 Å². The van der Waals surface area contributed by atoms with Gasteiger partial charge in [0.25, 0.3) is 5.91 Å². The molecule has 0 radical (unpaired) electrons. The zero-order valence-corrected chi connectivity index (χ0v) is 14.1. The molecule has 0 fully saturated rings. The normalized spacial score (nSPS) is 10.7. The topological polar surface area (TPSA) is 90.1 Å². The Hall–Kier alpha value is -2.67. The Morgan fingerprint density at radius 2 is 2.21 bits per heavy atom. The lowest BCUT2D eigenvalue weighted by Gasteiger charge is -2.10. The summed E-state index contributed by atoms with van der Waals surface area (Å²) in [7, 11) is 0. The Morgan fingerprint density at radius 1 is 1.33 bits per heavy atom. The van der Waals surface area contributed by atoms with Gasteiger partial charge in [0.2, 0.25) is 0 Å². The number of hydrogen-bond acceptors (Lipinski definition) is 6. The molecular formula is C17H18N4O2S. The molecule has 3 aromatic rings. The van der Waals surface area contributed by atoms with Crippen molar-refractivity contribution in [2.45, 2.75) is 19.9 Å². The van der Waals surface area contributed by atoms with Gasteiger partial charge in [-0.2, -0.15) is 0 Å². The quantitative estimate of drug-likeness (QED) is 0.689. The van der Waals surface area contributed by atoms with Crippen molar-refractivity contribution in [2.24, 2.45) is 5.73 Å². The molecule has 0 unspecified atom stereocenters. The molecule has 0 saturated heterocycles. The monoisotopic (exact) mass is 342 g/mol. The van der Waals surface area contributed by atoms with Crippen LogP contribution < -0.4 is 15.8 Å². The summed E-state index contributed by atoms with van der Waals surface area (Å²) in [6, 6.07) is 9.56. The second-order valence-electron chi connectivity index (χ2n) is 5.24. The SMILES string of the molecule is CCc1nc(NCc2cccc(OCC(N)=O)c2)c2ccsc2n1. The zero-order valence-electron chi connectivity index (χ0n) is 13.3. The highest BCUT2D eigenvalue weighted by atomic mass is 32.1. The highest BCUT2D eigenvalue weighted by Gasteiger charge is 2.08. The number of primary amides is 1. The lowest BCUT2D eigenvalue weighted by Crippen LogP contribution is -2.20. The molecule has 6 nitrogen and oxygen atoms in total. The number of aryl methyl sites for hydroxylation is 1. The number of ether oxygens (including phenoxy) is 1. The van der Waals surface area contributed by atoms with E-state index in [4.69, 9.17) is 10.5 Å². The molecule has 0 saturated carbocycles. The fourth-order valence-electron chi connectivity index (χ4n) is 2.28. The number of fused-ring (bicyclic) bond motifs is 1. The molecule has 2 heterocycles. The summed E-state index contributed by atoms with van der Waals surface area (Å²) in [6.07, 6.45) is 0.791. The number of carbonyl (C=O) groups is 1. The van der Waals surface area contributed by atoms with Gasteiger partial charge in [-0.15, -0.1) is 11.3 Å². The number of anilines is 1. The predicted octanol–water partition coefficient (Wildman–Crippen LogP) is 2.73. The van der Waals surface area contributed by atoms with Crippen LogP contribution in [0, 0.1) is 0 Å². The van der Waals surface area contributed by atoms with Gasteiger partial charge in [0, 0.05) is 13.0 Å². The fraction of sp³-hybridized carbons (Fsp3) is 0.235. The van der Waals surface area contributed by atoms with Crippen LogP contribution in [0.25, 0.3) is 10.2 Å². The highest BCUT2D eigenvalue weighted by Crippen LogP contribution is 2.26. The number of thiophene rings is 1. The first-order chi connectivity index (χ1) is 11.7. The minimum atomic E-state index is -0.494. The van der Waals surface area contributed by atoms with Crippen molar-refractivity contribution in [3.63, 3.8) is 0 Å². The summed E-state index contributed by atoms with van der Waals surface area (Å²) in [5.74, 6) is 1.78. The van der Waals surface area contributed by atoms with E-state index in [-0.39, 0.29) is 6.61 Å². The molecule has 24 heavy (non-hydrogen) atoms. The summed E-state index contributed by atoms with van der Waals surface area (Å²) in [5, 5.41) is 6.41. The molecule has 7 heteroatoms. The molecule has 1 amide bonds. The van der Waals surface area contributed by atoms with Crippen LogP contribution >= 0.6 is 11.3 Å². The van der Waals surface area contributed by atoms with Crippen molar-refractivity contribution in [3.8, 4) is 5.75 Å². The average Bonchev–Trinajstić information content (AvgIpc) is 3.06. The maximum atomic E-state index is 10.8. The van der Waals surface area contributed by atoms with Crippen molar-refractivity contribution in [3.05, 3.63) is 47.1 Å². The van der Waals surface area contributed by atoms with Crippen LogP contribution in [-0.2, 0) is 17.8 Å². The Morgan fingerprint density at radius 3 is 3.00 bits per heavy atom. The molecule has 0 bridgehead atoms. The number of nitrogens with two attached hydrogens (primary N) is 1. The lowest BCUT2D eigenvalue weighted by atomic mass is 10.2. The Kier molecular flexibility index (Phi) is 4.90. The van der Waals surface area contributed by atoms with Gasteiger partial charge in [0.1, 0.15) is 22.2 Å². The van der Waals surface area contributed by atoms with E-state index in [0.29, 0.717) is 12.3 Å². The molecule has 1 aromatic carbocycles. The van der Waals surface area contributed by atoms with Crippen LogP contribution in [0.1, 0.15) is 18.3 Å². The first-order valence-electron chi connectivity index (χ1n) is 7.63. The molecule has 0 spiro atoms. The van der Waals surface area contributed by atoms with Gasteiger partial charge in [-0.3, -0.25) is 4.79 Å². The van der Waals surface area contributed by atoms with Gasteiger partial charge >= 0.3 is 0 Å². The second kappa shape index (κ2) is 7.27. The number of nitrogens with one attached hydrogen (secondary N) is 1. The third-order valence-electron chi connectivity index (χ3n) is 3.43. The first kappa shape index (κ1) is 16.2. The van der Waals surface area contributed by atoms with E-state index in [2.05, 4.69) is 15.3 Å². The minimum absolute atomic E-state index is 0.127. The number of nitrogens with zero attached hydrogens (tertiary/aromatic N) is 2. The summed E-state index contributed by atoms with van der Waals surface area (Å²) < 4.78 is 5.33. The summed E-state index contributed by atoms with van der Waals surface area (Å²) >= 11 is 1.61. The van der Waals surface area contributed by atoms with Gasteiger partial charge in [-0.1, -0.05) is 19.1 Å².